The Morgan fingerprint density at radius 3 is 2.79 bits per heavy atom. The van der Waals surface area contributed by atoms with Crippen molar-refractivity contribution in [2.45, 2.75) is 37.7 Å². The minimum atomic E-state index is -0.257. The van der Waals surface area contributed by atoms with Crippen LogP contribution in [0.1, 0.15) is 46.9 Å². The molecular formula is C23H23N3O2S. The van der Waals surface area contributed by atoms with E-state index in [1.165, 1.54) is 16.9 Å². The van der Waals surface area contributed by atoms with Gasteiger partial charge in [-0.2, -0.15) is 0 Å². The molecule has 0 aromatic heterocycles. The molecule has 1 saturated heterocycles. The van der Waals surface area contributed by atoms with E-state index in [1.54, 1.807) is 0 Å². The molecule has 3 atom stereocenters. The lowest BCUT2D eigenvalue weighted by atomic mass is 9.94. The number of carbonyl (C=O) groups excluding carboxylic acids is 2. The third-order valence-corrected chi connectivity index (χ3v) is 7.26. The van der Waals surface area contributed by atoms with Gasteiger partial charge in [0.1, 0.15) is 6.17 Å². The second-order valence-electron chi connectivity index (χ2n) is 7.87. The number of fused-ring (bicyclic) bond motifs is 2. The number of amides is 2. The number of rotatable bonds is 3. The van der Waals surface area contributed by atoms with Gasteiger partial charge in [0.25, 0.3) is 5.91 Å². The number of hydrogen-bond donors (Lipinski definition) is 3. The molecule has 3 aliphatic rings. The van der Waals surface area contributed by atoms with E-state index in [0.717, 1.165) is 24.0 Å². The van der Waals surface area contributed by atoms with Gasteiger partial charge in [-0.05, 0) is 66.5 Å². The summed E-state index contributed by atoms with van der Waals surface area (Å²) in [5, 5.41) is 9.77. The molecule has 3 unspecified atom stereocenters. The highest BCUT2D eigenvalue weighted by molar-refractivity contribution is 8.04. The van der Waals surface area contributed by atoms with Crippen molar-refractivity contribution in [3.05, 3.63) is 75.7 Å². The molecule has 5 rings (SSSR count). The van der Waals surface area contributed by atoms with Crippen LogP contribution in [-0.2, 0) is 4.79 Å². The van der Waals surface area contributed by atoms with E-state index in [0.29, 0.717) is 11.3 Å². The van der Waals surface area contributed by atoms with Crippen LogP contribution >= 0.6 is 11.8 Å². The summed E-state index contributed by atoms with van der Waals surface area (Å²) in [6.45, 7) is 1.99. The van der Waals surface area contributed by atoms with Gasteiger partial charge in [0, 0.05) is 11.3 Å². The topological polar surface area (TPSA) is 70.2 Å². The van der Waals surface area contributed by atoms with Gasteiger partial charge in [-0.15, -0.1) is 11.8 Å². The van der Waals surface area contributed by atoms with Crippen molar-refractivity contribution < 1.29 is 9.59 Å². The quantitative estimate of drug-likeness (QED) is 0.719. The van der Waals surface area contributed by atoms with Gasteiger partial charge in [-0.1, -0.05) is 29.8 Å². The Morgan fingerprint density at radius 2 is 1.97 bits per heavy atom. The van der Waals surface area contributed by atoms with Crippen molar-refractivity contribution in [3.8, 4) is 0 Å². The van der Waals surface area contributed by atoms with Crippen LogP contribution in [0.4, 0.5) is 5.69 Å². The Hall–Kier alpha value is -2.57. The fraction of sp³-hybridized carbons (Fsp3) is 0.304. The molecular weight excluding hydrogens is 382 g/mol. The molecule has 29 heavy (non-hydrogen) atoms. The third kappa shape index (κ3) is 3.47. The lowest BCUT2D eigenvalue weighted by molar-refractivity contribution is -0.127. The summed E-state index contributed by atoms with van der Waals surface area (Å²) in [6.07, 6.45) is 3.06. The van der Waals surface area contributed by atoms with E-state index in [-0.39, 0.29) is 29.3 Å². The summed E-state index contributed by atoms with van der Waals surface area (Å²) < 4.78 is 0. The number of aryl methyl sites for hydroxylation is 1. The number of benzene rings is 2. The number of nitrogens with one attached hydrogen (secondary N) is 3. The van der Waals surface area contributed by atoms with Crippen LogP contribution < -0.4 is 16.0 Å². The van der Waals surface area contributed by atoms with Crippen molar-refractivity contribution in [2.75, 3.05) is 5.32 Å². The van der Waals surface area contributed by atoms with Crippen LogP contribution in [-0.4, -0.2) is 17.2 Å². The smallest absolute Gasteiger partial charge is 0.255 e. The first-order valence-electron chi connectivity index (χ1n) is 10.0. The Kier molecular flexibility index (Phi) is 4.68. The maximum Gasteiger partial charge on any atom is 0.255 e. The largest absolute Gasteiger partial charge is 0.336 e. The molecule has 6 heteroatoms. The number of carbonyl (C=O) groups is 2. The first-order valence-corrected chi connectivity index (χ1v) is 10.9. The lowest BCUT2D eigenvalue weighted by Crippen LogP contribution is -2.54. The second kappa shape index (κ2) is 7.35. The molecule has 2 heterocycles. The third-order valence-electron chi connectivity index (χ3n) is 5.85. The number of thioether (sulfide) groups is 1. The second-order valence-corrected chi connectivity index (χ2v) is 9.11. The summed E-state index contributed by atoms with van der Waals surface area (Å²) in [5.41, 5.74) is 4.72. The number of anilines is 1. The molecule has 3 N–H and O–H groups in total. The first-order chi connectivity index (χ1) is 14.1. The summed E-state index contributed by atoms with van der Waals surface area (Å²) >= 11 is 1.82. The Balaban J connectivity index is 1.31. The zero-order valence-corrected chi connectivity index (χ0v) is 17.0. The minimum Gasteiger partial charge on any atom is -0.336 e. The molecule has 0 saturated carbocycles. The molecule has 5 nitrogen and oxygen atoms in total. The van der Waals surface area contributed by atoms with Gasteiger partial charge in [-0.25, -0.2) is 0 Å². The van der Waals surface area contributed by atoms with Crippen molar-refractivity contribution in [1.29, 1.82) is 0 Å². The van der Waals surface area contributed by atoms with Crippen molar-refractivity contribution >= 4 is 29.3 Å². The van der Waals surface area contributed by atoms with Gasteiger partial charge in [0.05, 0.1) is 11.3 Å². The Bertz CT molecular complexity index is 1020. The SMILES string of the molecule is Cc1ccc(C(=O)Nc2cccc(C3NC(=O)C4C5=C(CCC5)SC4N3)c2)cc1. The van der Waals surface area contributed by atoms with Crippen LogP contribution in [0.3, 0.4) is 0 Å². The molecule has 1 aliphatic carbocycles. The van der Waals surface area contributed by atoms with E-state index in [4.69, 9.17) is 0 Å². The van der Waals surface area contributed by atoms with E-state index in [2.05, 4.69) is 16.0 Å². The molecule has 0 bridgehead atoms. The lowest BCUT2D eigenvalue weighted by Gasteiger charge is -2.35. The molecule has 1 fully saturated rings. The predicted octanol–water partition coefficient (Wildman–Crippen LogP) is 4.09. The van der Waals surface area contributed by atoms with Gasteiger partial charge >= 0.3 is 0 Å². The molecule has 2 aliphatic heterocycles. The highest BCUT2D eigenvalue weighted by Gasteiger charge is 2.46. The summed E-state index contributed by atoms with van der Waals surface area (Å²) in [7, 11) is 0. The van der Waals surface area contributed by atoms with Crippen molar-refractivity contribution in [1.82, 2.24) is 10.6 Å². The van der Waals surface area contributed by atoms with Crippen LogP contribution in [0.5, 0.6) is 0 Å². The molecule has 2 aromatic rings. The van der Waals surface area contributed by atoms with E-state index in [1.807, 2.05) is 67.2 Å². The van der Waals surface area contributed by atoms with Gasteiger partial charge < -0.3 is 10.6 Å². The van der Waals surface area contributed by atoms with Crippen LogP contribution in [0.2, 0.25) is 0 Å². The summed E-state index contributed by atoms with van der Waals surface area (Å²) in [5.74, 6) is -0.0831. The fourth-order valence-corrected chi connectivity index (χ4v) is 5.93. The number of hydrogen-bond acceptors (Lipinski definition) is 4. The van der Waals surface area contributed by atoms with Crippen LogP contribution in [0.25, 0.3) is 0 Å². The summed E-state index contributed by atoms with van der Waals surface area (Å²) in [4.78, 5) is 26.7. The maximum absolute atomic E-state index is 12.8. The van der Waals surface area contributed by atoms with Gasteiger partial charge in [-0.3, -0.25) is 14.9 Å². The standard InChI is InChI=1S/C23H23N3O2S/c1-13-8-10-14(11-9-13)21(27)24-16-5-2-4-15(12-16)20-25-22(28)19-17-6-3-7-18(17)29-23(19)26-20/h2,4-5,8-12,19-20,23,26H,3,6-7H2,1H3,(H,24,27)(H,25,28). The maximum atomic E-state index is 12.8. The Morgan fingerprint density at radius 1 is 1.14 bits per heavy atom. The fourth-order valence-electron chi connectivity index (χ4n) is 4.35. The highest BCUT2D eigenvalue weighted by Crippen LogP contribution is 2.50. The molecule has 2 amide bonds. The van der Waals surface area contributed by atoms with Crippen molar-refractivity contribution in [2.24, 2.45) is 5.92 Å². The average molecular weight is 406 g/mol. The van der Waals surface area contributed by atoms with E-state index in [9.17, 15) is 9.59 Å². The zero-order valence-electron chi connectivity index (χ0n) is 16.2. The average Bonchev–Trinajstić information content (AvgIpc) is 3.29. The van der Waals surface area contributed by atoms with Crippen LogP contribution in [0.15, 0.2) is 59.0 Å². The molecule has 148 valence electrons. The van der Waals surface area contributed by atoms with E-state index >= 15 is 0 Å². The number of allylic oxidation sites excluding steroid dienone is 1. The van der Waals surface area contributed by atoms with Gasteiger partial charge in [0.2, 0.25) is 5.91 Å². The first kappa shape index (κ1) is 18.5. The minimum absolute atomic E-state index is 0.0434. The van der Waals surface area contributed by atoms with Crippen LogP contribution in [0, 0.1) is 12.8 Å². The molecule has 0 radical (unpaired) electrons. The summed E-state index contributed by atoms with van der Waals surface area (Å²) in [6, 6.07) is 15.2. The van der Waals surface area contributed by atoms with Gasteiger partial charge in [0.15, 0.2) is 0 Å². The van der Waals surface area contributed by atoms with Crippen molar-refractivity contribution in [3.63, 3.8) is 0 Å². The normalized spacial score (nSPS) is 25.4. The Labute approximate surface area is 174 Å². The molecule has 0 spiro atoms. The predicted molar refractivity (Wildman–Crippen MR) is 115 cm³/mol. The monoisotopic (exact) mass is 405 g/mol. The van der Waals surface area contributed by atoms with E-state index < -0.39 is 0 Å². The molecule has 2 aromatic carbocycles. The highest BCUT2D eigenvalue weighted by atomic mass is 32.2. The zero-order chi connectivity index (χ0) is 20.0.